The second kappa shape index (κ2) is 14.2. The molecule has 0 unspecified atom stereocenters. The van der Waals surface area contributed by atoms with Gasteiger partial charge in [-0.15, -0.1) is 64.3 Å². The van der Waals surface area contributed by atoms with Crippen molar-refractivity contribution in [2.24, 2.45) is 0 Å². The summed E-state index contributed by atoms with van der Waals surface area (Å²) >= 11 is 0. The third-order valence-corrected chi connectivity index (χ3v) is 11.4. The molecule has 0 amide bonds. The Morgan fingerprint density at radius 1 is 0.640 bits per heavy atom. The third kappa shape index (κ3) is 6.95. The van der Waals surface area contributed by atoms with Crippen molar-refractivity contribution in [2.45, 2.75) is 38.9 Å². The average Bonchev–Trinajstić information content (AvgIpc) is 3.37. The first-order valence-electron chi connectivity index (χ1n) is 16.7. The number of benzene rings is 5. The number of carbonyl (C=O) groups excluding carboxylic acids is 1. The summed E-state index contributed by atoms with van der Waals surface area (Å²) < 4.78 is 0. The molecule has 1 radical (unpaired) electrons. The van der Waals surface area contributed by atoms with Crippen LogP contribution in [0.1, 0.15) is 40.9 Å². The summed E-state index contributed by atoms with van der Waals surface area (Å²) in [5.41, 5.74) is 11.5. The molecule has 0 bridgehead atoms. The van der Waals surface area contributed by atoms with Crippen LogP contribution >= 0.6 is 0 Å². The van der Waals surface area contributed by atoms with Crippen molar-refractivity contribution in [3.8, 4) is 33.6 Å². The van der Waals surface area contributed by atoms with Gasteiger partial charge in [-0.2, -0.15) is 0 Å². The van der Waals surface area contributed by atoms with Gasteiger partial charge in [-0.3, -0.25) is 9.78 Å². The molecular weight excluding hydrogens is 805 g/mol. The Hall–Kier alpha value is -4.80. The van der Waals surface area contributed by atoms with Gasteiger partial charge in [0.15, 0.2) is 5.78 Å². The number of hydrogen-bond acceptors (Lipinski definition) is 3. The first-order valence-corrected chi connectivity index (χ1v) is 20.2. The summed E-state index contributed by atoms with van der Waals surface area (Å²) in [6.45, 7) is 11.6. The minimum absolute atomic E-state index is 0. The number of ketones is 1. The number of carbonyl (C=O) groups is 1. The van der Waals surface area contributed by atoms with E-state index in [1.54, 1.807) is 6.20 Å². The number of aromatic nitrogens is 2. The number of pyridine rings is 2. The van der Waals surface area contributed by atoms with Crippen molar-refractivity contribution in [1.29, 1.82) is 0 Å². The fourth-order valence-corrected chi connectivity index (χ4v) is 7.59. The monoisotopic (exact) mass is 843 g/mol. The molecule has 0 aliphatic heterocycles. The predicted molar refractivity (Wildman–Crippen MR) is 205 cm³/mol. The van der Waals surface area contributed by atoms with E-state index in [1.165, 1.54) is 32.8 Å². The first-order chi connectivity index (χ1) is 23.6. The van der Waals surface area contributed by atoms with E-state index in [-0.39, 0.29) is 31.3 Å². The number of hydrogen-bond donors (Lipinski definition) is 0. The van der Waals surface area contributed by atoms with Gasteiger partial charge in [0.1, 0.15) is 0 Å². The Labute approximate surface area is 309 Å². The van der Waals surface area contributed by atoms with Crippen LogP contribution in [0.25, 0.3) is 44.5 Å². The zero-order valence-electron chi connectivity index (χ0n) is 28.9. The molecule has 0 fully saturated rings. The number of fused-ring (bicyclic) bond motifs is 4. The summed E-state index contributed by atoms with van der Waals surface area (Å²) in [4.78, 5) is 21.7. The molecule has 2 aromatic heterocycles. The number of para-hydroxylation sites is 1. The zero-order valence-corrected chi connectivity index (χ0v) is 32.3. The van der Waals surface area contributed by atoms with E-state index >= 15 is 0 Å². The fraction of sp³-hybridized carbons (Fsp3) is 0.133. The fourth-order valence-electron chi connectivity index (χ4n) is 6.50. The Morgan fingerprint density at radius 2 is 1.34 bits per heavy atom. The number of nitrogens with zero attached hydrogens (tertiary/aromatic N) is 2. The van der Waals surface area contributed by atoms with Crippen LogP contribution in [-0.4, -0.2) is 23.8 Å². The van der Waals surface area contributed by atoms with Gasteiger partial charge in [0.2, 0.25) is 0 Å². The van der Waals surface area contributed by atoms with E-state index in [0.29, 0.717) is 11.1 Å². The Kier molecular flexibility index (Phi) is 9.95. The maximum atomic E-state index is 12.4. The maximum Gasteiger partial charge on any atom is 0.194 e. The molecule has 7 aromatic rings. The predicted octanol–water partition coefficient (Wildman–Crippen LogP) is 10.3. The molecule has 50 heavy (non-hydrogen) atoms. The van der Waals surface area contributed by atoms with Gasteiger partial charge in [0.05, 0.1) is 5.52 Å². The summed E-state index contributed by atoms with van der Waals surface area (Å²) in [6.07, 6.45) is 1.64. The minimum atomic E-state index is -1.31. The second-order valence-electron chi connectivity index (χ2n) is 14.1. The summed E-state index contributed by atoms with van der Waals surface area (Å²) in [5, 5.41) is 2.54. The van der Waals surface area contributed by atoms with Crippen molar-refractivity contribution in [3.63, 3.8) is 0 Å². The zero-order chi connectivity index (χ0) is 34.2. The molecule has 5 aromatic carbocycles. The standard InChI is InChI=1S/C24H18N.C21H20NOSi.Ir/c1-24(2)20-9-5-4-8-18(20)19-13-11-17(15-21(19)24)23-14-12-16-7-3-6-10-22(16)25-23;1-24(2,3)19-12-9-16(10-13-19)20-14-11-18(15-22-20)21(23)17-7-5-4-6-8-17;/h3-10,12-15H,1-2H3;4-9,11-15H,1-3H3;/q2*-1;. The summed E-state index contributed by atoms with van der Waals surface area (Å²) in [5.74, 6) is -0.00675. The van der Waals surface area contributed by atoms with Crippen LogP contribution in [0.15, 0.2) is 140 Å². The van der Waals surface area contributed by atoms with E-state index in [1.807, 2.05) is 54.6 Å². The molecule has 1 aliphatic rings. The second-order valence-corrected chi connectivity index (χ2v) is 19.2. The van der Waals surface area contributed by atoms with Gasteiger partial charge >= 0.3 is 0 Å². The molecule has 0 saturated carbocycles. The van der Waals surface area contributed by atoms with Crippen LogP contribution in [-0.2, 0) is 25.5 Å². The maximum absolute atomic E-state index is 12.4. The Bertz CT molecular complexity index is 2290. The van der Waals surface area contributed by atoms with Crippen molar-refractivity contribution in [3.05, 3.63) is 174 Å². The third-order valence-electron chi connectivity index (χ3n) is 9.41. The van der Waals surface area contributed by atoms with Crippen molar-refractivity contribution in [1.82, 2.24) is 9.97 Å². The van der Waals surface area contributed by atoms with E-state index in [9.17, 15) is 4.79 Å². The minimum Gasteiger partial charge on any atom is -0.304 e. The summed E-state index contributed by atoms with van der Waals surface area (Å²) in [6, 6.07) is 51.7. The van der Waals surface area contributed by atoms with Gasteiger partial charge in [0, 0.05) is 45.5 Å². The molecule has 5 heteroatoms. The van der Waals surface area contributed by atoms with Crippen molar-refractivity contribution in [2.75, 3.05) is 0 Å². The van der Waals surface area contributed by atoms with E-state index < -0.39 is 8.07 Å². The average molecular weight is 843 g/mol. The SMILES string of the molecule is CC1(C)c2ccccc2-c2c[c-]c(-c3ccc4ccccc4n3)cc21.C[Si](C)(C)c1c[c-]c(-c2ccc(C(=O)c3ccccc3)cn2)cc1.[Ir]. The van der Waals surface area contributed by atoms with Crippen LogP contribution in [0.4, 0.5) is 0 Å². The molecule has 1 aliphatic carbocycles. The molecular formula is C45H38IrN2OSi-2. The molecule has 249 valence electrons. The largest absolute Gasteiger partial charge is 0.304 e. The quantitative estimate of drug-likeness (QED) is 0.0985. The van der Waals surface area contributed by atoms with Gasteiger partial charge in [-0.1, -0.05) is 142 Å². The van der Waals surface area contributed by atoms with E-state index in [2.05, 4.69) is 129 Å². The van der Waals surface area contributed by atoms with Crippen LogP contribution in [0.3, 0.4) is 0 Å². The van der Waals surface area contributed by atoms with E-state index in [0.717, 1.165) is 28.0 Å². The molecule has 0 saturated heterocycles. The molecule has 0 N–H and O–H groups in total. The van der Waals surface area contributed by atoms with Crippen molar-refractivity contribution >= 4 is 29.9 Å². The summed E-state index contributed by atoms with van der Waals surface area (Å²) in [7, 11) is -1.31. The van der Waals surface area contributed by atoms with Crippen LogP contribution in [0.5, 0.6) is 0 Å². The van der Waals surface area contributed by atoms with E-state index in [4.69, 9.17) is 4.98 Å². The van der Waals surface area contributed by atoms with Crippen LogP contribution in [0.2, 0.25) is 19.6 Å². The molecule has 8 rings (SSSR count). The van der Waals surface area contributed by atoms with Gasteiger partial charge in [0.25, 0.3) is 0 Å². The van der Waals surface area contributed by atoms with Crippen LogP contribution < -0.4 is 5.19 Å². The van der Waals surface area contributed by atoms with Gasteiger partial charge < -0.3 is 4.98 Å². The molecule has 0 spiro atoms. The van der Waals surface area contributed by atoms with Crippen molar-refractivity contribution < 1.29 is 24.9 Å². The molecule has 2 heterocycles. The van der Waals surface area contributed by atoms with Crippen LogP contribution in [0, 0.1) is 12.1 Å². The van der Waals surface area contributed by atoms with Gasteiger partial charge in [-0.25, -0.2) is 0 Å². The molecule has 0 atom stereocenters. The Balaban J connectivity index is 0.000000170. The molecule has 3 nitrogen and oxygen atoms in total. The normalized spacial score (nSPS) is 12.6. The number of rotatable bonds is 5. The Morgan fingerprint density at radius 3 is 2.06 bits per heavy atom. The van der Waals surface area contributed by atoms with Gasteiger partial charge in [-0.05, 0) is 33.8 Å². The topological polar surface area (TPSA) is 42.9 Å². The smallest absolute Gasteiger partial charge is 0.194 e. The first kappa shape index (κ1) is 35.0.